The highest BCUT2D eigenvalue weighted by Gasteiger charge is 2.41. The van der Waals surface area contributed by atoms with Gasteiger partial charge in [0.15, 0.2) is 17.1 Å². The predicted molar refractivity (Wildman–Crippen MR) is 165 cm³/mol. The Hall–Kier alpha value is -3.87. The molecule has 0 spiro atoms. The van der Waals surface area contributed by atoms with Crippen LogP contribution in [0.4, 0.5) is 0 Å². The van der Waals surface area contributed by atoms with Crippen LogP contribution in [0.2, 0.25) is 0 Å². The number of aliphatic hydroxyl groups excluding tert-OH is 2. The summed E-state index contributed by atoms with van der Waals surface area (Å²) in [6.45, 7) is -0.00294. The minimum atomic E-state index is -1.18. The maximum Gasteiger partial charge on any atom is 0.290 e. The summed E-state index contributed by atoms with van der Waals surface area (Å²) in [6.07, 6.45) is -0.459. The van der Waals surface area contributed by atoms with E-state index < -0.39 is 30.1 Å². The third-order valence-corrected chi connectivity index (χ3v) is 8.00. The summed E-state index contributed by atoms with van der Waals surface area (Å²) in [5.74, 6) is 0.257. The first kappa shape index (κ1) is 29.6. The number of nitrogens with one attached hydrogen (secondary N) is 1. The molecule has 1 aliphatic carbocycles. The van der Waals surface area contributed by atoms with E-state index in [2.05, 4.69) is 27.9 Å². The van der Waals surface area contributed by atoms with E-state index in [-0.39, 0.29) is 31.9 Å². The van der Waals surface area contributed by atoms with Gasteiger partial charge in [-0.1, -0.05) is 54.6 Å². The number of fused-ring (bicyclic) bond motifs is 1. The van der Waals surface area contributed by atoms with Gasteiger partial charge in [-0.25, -0.2) is 0 Å². The Kier molecular flexibility index (Phi) is 9.45. The van der Waals surface area contributed by atoms with Crippen LogP contribution < -0.4 is 14.8 Å². The van der Waals surface area contributed by atoms with Gasteiger partial charge in [-0.05, 0) is 58.5 Å². The fourth-order valence-electron chi connectivity index (χ4n) is 5.03. The molecule has 5 rings (SSSR count). The molecule has 0 radical (unpaired) electrons. The van der Waals surface area contributed by atoms with Crippen LogP contribution >= 0.6 is 22.6 Å². The van der Waals surface area contributed by atoms with E-state index in [9.17, 15) is 19.8 Å². The summed E-state index contributed by atoms with van der Waals surface area (Å²) in [7, 11) is 1.53. The zero-order chi connectivity index (χ0) is 29.6. The summed E-state index contributed by atoms with van der Waals surface area (Å²) in [4.78, 5) is 28.9. The number of ether oxygens (including phenoxy) is 2. The standard InChI is InChI=1S/C32H31IN2O7/c1-40-26-13-7-10-21-17-28(42-30(21)26)32(39)35(19-20-8-3-2-4-9-20)24-16-22(31(38)34-14-15-36)18-27(29(24)37)41-25-12-6-5-11-23(25)33/h2-13,17-18,24,27,29,36-37H,14-16,19H2,1H3,(H,34,38). The van der Waals surface area contributed by atoms with Gasteiger partial charge >= 0.3 is 0 Å². The summed E-state index contributed by atoms with van der Waals surface area (Å²) in [6, 6.07) is 23.0. The van der Waals surface area contributed by atoms with Crippen LogP contribution in [0.15, 0.2) is 94.9 Å². The molecule has 0 fully saturated rings. The van der Waals surface area contributed by atoms with Gasteiger partial charge in [-0.3, -0.25) is 9.59 Å². The highest BCUT2D eigenvalue weighted by molar-refractivity contribution is 14.1. The minimum absolute atomic E-state index is 0.0618. The van der Waals surface area contributed by atoms with Gasteiger partial charge in [0.1, 0.15) is 18.0 Å². The molecule has 1 heterocycles. The van der Waals surface area contributed by atoms with Gasteiger partial charge in [-0.2, -0.15) is 0 Å². The number of amides is 2. The van der Waals surface area contributed by atoms with E-state index in [0.717, 1.165) is 9.13 Å². The van der Waals surface area contributed by atoms with Gasteiger partial charge in [0.2, 0.25) is 5.91 Å². The number of rotatable bonds is 10. The quantitative estimate of drug-likeness (QED) is 0.214. The number of nitrogens with zero attached hydrogens (tertiary/aromatic N) is 1. The second-order valence-corrected chi connectivity index (χ2v) is 11.0. The molecule has 3 aromatic carbocycles. The van der Waals surface area contributed by atoms with Crippen LogP contribution in [0.25, 0.3) is 11.0 Å². The van der Waals surface area contributed by atoms with Crippen molar-refractivity contribution in [3.63, 3.8) is 0 Å². The number of aliphatic hydroxyl groups is 2. The van der Waals surface area contributed by atoms with Crippen molar-refractivity contribution in [1.82, 2.24) is 10.2 Å². The van der Waals surface area contributed by atoms with E-state index in [0.29, 0.717) is 28.0 Å². The van der Waals surface area contributed by atoms with Crippen molar-refractivity contribution in [3.8, 4) is 11.5 Å². The van der Waals surface area contributed by atoms with Crippen LogP contribution in [-0.2, 0) is 11.3 Å². The van der Waals surface area contributed by atoms with Crippen molar-refractivity contribution < 1.29 is 33.7 Å². The van der Waals surface area contributed by atoms with Crippen LogP contribution in [0, 0.1) is 3.57 Å². The van der Waals surface area contributed by atoms with Gasteiger partial charge in [0, 0.05) is 30.5 Å². The Morgan fingerprint density at radius 1 is 1.05 bits per heavy atom. The molecule has 3 unspecified atom stereocenters. The Labute approximate surface area is 256 Å². The molecule has 218 valence electrons. The van der Waals surface area contributed by atoms with Crippen molar-refractivity contribution in [3.05, 3.63) is 105 Å². The second kappa shape index (κ2) is 13.4. The molecule has 2 amide bonds. The SMILES string of the molecule is COc1cccc2cc(C(=O)N(Cc3ccccc3)C3CC(C(=O)NCCO)=CC(Oc4ccccc4I)C3O)oc12. The third-order valence-electron chi connectivity index (χ3n) is 7.11. The molecule has 0 bridgehead atoms. The predicted octanol–water partition coefficient (Wildman–Crippen LogP) is 4.30. The number of furan rings is 1. The molecular formula is C32H31IN2O7. The van der Waals surface area contributed by atoms with Gasteiger partial charge in [0.25, 0.3) is 5.91 Å². The zero-order valence-corrected chi connectivity index (χ0v) is 25.1. The van der Waals surface area contributed by atoms with Crippen LogP contribution in [-0.4, -0.2) is 65.4 Å². The van der Waals surface area contributed by atoms with E-state index in [1.165, 1.54) is 12.0 Å². The van der Waals surface area contributed by atoms with Crippen molar-refractivity contribution in [2.75, 3.05) is 20.3 Å². The minimum Gasteiger partial charge on any atom is -0.493 e. The van der Waals surface area contributed by atoms with Crippen molar-refractivity contribution in [2.24, 2.45) is 0 Å². The summed E-state index contributed by atoms with van der Waals surface area (Å²) in [5.41, 5.74) is 1.62. The van der Waals surface area contributed by atoms with Crippen molar-refractivity contribution >= 4 is 45.4 Å². The molecule has 10 heteroatoms. The lowest BCUT2D eigenvalue weighted by Crippen LogP contribution is -2.54. The number of benzene rings is 3. The fraction of sp³-hybridized carbons (Fsp3) is 0.250. The first-order valence-electron chi connectivity index (χ1n) is 13.5. The van der Waals surface area contributed by atoms with E-state index in [4.69, 9.17) is 13.9 Å². The topological polar surface area (TPSA) is 121 Å². The maximum atomic E-state index is 14.2. The largest absolute Gasteiger partial charge is 0.493 e. The normalized spacial score (nSPS) is 18.3. The molecule has 1 aromatic heterocycles. The molecule has 3 N–H and O–H groups in total. The number of carbonyl (C=O) groups is 2. The second-order valence-electron chi connectivity index (χ2n) is 9.85. The van der Waals surface area contributed by atoms with Gasteiger partial charge < -0.3 is 34.3 Å². The highest BCUT2D eigenvalue weighted by Crippen LogP contribution is 2.33. The molecule has 0 saturated carbocycles. The molecule has 4 aromatic rings. The lowest BCUT2D eigenvalue weighted by Gasteiger charge is -2.40. The Bertz CT molecular complexity index is 1590. The molecule has 42 heavy (non-hydrogen) atoms. The molecule has 3 atom stereocenters. The highest BCUT2D eigenvalue weighted by atomic mass is 127. The molecule has 1 aliphatic rings. The van der Waals surface area contributed by atoms with Gasteiger partial charge in [0.05, 0.1) is 23.3 Å². The first-order valence-corrected chi connectivity index (χ1v) is 14.6. The smallest absolute Gasteiger partial charge is 0.290 e. The van der Waals surface area contributed by atoms with Crippen LogP contribution in [0.3, 0.4) is 0 Å². The summed E-state index contributed by atoms with van der Waals surface area (Å²) >= 11 is 2.14. The summed E-state index contributed by atoms with van der Waals surface area (Å²) < 4.78 is 18.5. The number of halogens is 1. The number of carbonyl (C=O) groups excluding carboxylic acids is 2. The Balaban J connectivity index is 1.55. The van der Waals surface area contributed by atoms with E-state index >= 15 is 0 Å². The van der Waals surface area contributed by atoms with E-state index in [1.54, 1.807) is 24.3 Å². The number of methoxy groups -OCH3 is 1. The first-order chi connectivity index (χ1) is 20.4. The molecule has 0 aliphatic heterocycles. The van der Waals surface area contributed by atoms with Gasteiger partial charge in [-0.15, -0.1) is 0 Å². The zero-order valence-electron chi connectivity index (χ0n) is 22.9. The lowest BCUT2D eigenvalue weighted by atomic mass is 9.87. The average molecular weight is 683 g/mol. The third kappa shape index (κ3) is 6.45. The summed E-state index contributed by atoms with van der Waals surface area (Å²) in [5, 5.41) is 24.4. The van der Waals surface area contributed by atoms with Crippen LogP contribution in [0.1, 0.15) is 22.5 Å². The average Bonchev–Trinajstić information content (AvgIpc) is 3.46. The van der Waals surface area contributed by atoms with Crippen molar-refractivity contribution in [1.29, 1.82) is 0 Å². The maximum absolute atomic E-state index is 14.2. The molecular weight excluding hydrogens is 651 g/mol. The van der Waals surface area contributed by atoms with E-state index in [1.807, 2.05) is 60.7 Å². The molecule has 0 saturated heterocycles. The van der Waals surface area contributed by atoms with Crippen molar-refractivity contribution in [2.45, 2.75) is 31.2 Å². The lowest BCUT2D eigenvalue weighted by molar-refractivity contribution is -0.118. The monoisotopic (exact) mass is 682 g/mol. The Morgan fingerprint density at radius 2 is 1.79 bits per heavy atom. The fourth-order valence-corrected chi connectivity index (χ4v) is 5.54. The number of hydrogen-bond donors (Lipinski definition) is 3. The Morgan fingerprint density at radius 3 is 2.52 bits per heavy atom. The van der Waals surface area contributed by atoms with Crippen LogP contribution in [0.5, 0.6) is 11.5 Å². The molecule has 9 nitrogen and oxygen atoms in total. The number of para-hydroxylation sites is 2. The number of hydrogen-bond acceptors (Lipinski definition) is 7.